The molecule has 2 aliphatic heterocycles. The summed E-state index contributed by atoms with van der Waals surface area (Å²) in [6, 6.07) is 5.07. The number of hydrogen-bond acceptors (Lipinski definition) is 5. The highest BCUT2D eigenvalue weighted by atomic mass is 35.5. The fourth-order valence-electron chi connectivity index (χ4n) is 3.72. The number of hydrogen-bond donors (Lipinski definition) is 0. The predicted octanol–water partition coefficient (Wildman–Crippen LogP) is 2.39. The minimum Gasteiger partial charge on any atom is -0.489 e. The molecule has 0 spiro atoms. The molecule has 0 N–H and O–H groups in total. The maximum Gasteiger partial charge on any atom is 0.254 e. The van der Waals surface area contributed by atoms with Crippen LogP contribution in [0.3, 0.4) is 0 Å². The lowest BCUT2D eigenvalue weighted by Crippen LogP contribution is -2.48. The maximum atomic E-state index is 12.8. The van der Waals surface area contributed by atoms with Crippen molar-refractivity contribution in [3.05, 3.63) is 28.8 Å². The number of carbonyl (C=O) groups is 1. The summed E-state index contributed by atoms with van der Waals surface area (Å²) in [5.74, 6) is 0.441. The molecule has 2 atom stereocenters. The van der Waals surface area contributed by atoms with E-state index in [4.69, 9.17) is 21.1 Å². The van der Waals surface area contributed by atoms with Crippen molar-refractivity contribution in [3.8, 4) is 5.75 Å². The molecule has 0 saturated carbocycles. The first-order valence-corrected chi connectivity index (χ1v) is 11.7. The van der Waals surface area contributed by atoms with Gasteiger partial charge in [-0.2, -0.15) is 0 Å². The lowest BCUT2D eigenvalue weighted by molar-refractivity contribution is -0.0586. The van der Waals surface area contributed by atoms with E-state index < -0.39 is 10.0 Å². The Morgan fingerprint density at radius 1 is 1.18 bits per heavy atom. The summed E-state index contributed by atoms with van der Waals surface area (Å²) in [7, 11) is -3.16. The van der Waals surface area contributed by atoms with E-state index >= 15 is 0 Å². The summed E-state index contributed by atoms with van der Waals surface area (Å²) in [6.07, 6.45) is 2.34. The molecule has 0 unspecified atom stereocenters. The highest BCUT2D eigenvalue weighted by Gasteiger charge is 2.28. The van der Waals surface area contributed by atoms with Crippen LogP contribution in [-0.4, -0.2) is 74.3 Å². The lowest BCUT2D eigenvalue weighted by atomic mass is 10.1. The van der Waals surface area contributed by atoms with Crippen molar-refractivity contribution in [2.45, 2.75) is 45.0 Å². The second-order valence-corrected chi connectivity index (χ2v) is 9.98. The minimum atomic E-state index is -3.16. The molecule has 156 valence electrons. The monoisotopic (exact) mass is 430 g/mol. The van der Waals surface area contributed by atoms with Gasteiger partial charge in [-0.25, -0.2) is 12.7 Å². The van der Waals surface area contributed by atoms with E-state index in [1.807, 2.05) is 13.8 Å². The zero-order valence-electron chi connectivity index (χ0n) is 16.4. The molecule has 0 bridgehead atoms. The van der Waals surface area contributed by atoms with Gasteiger partial charge in [0.1, 0.15) is 11.9 Å². The second kappa shape index (κ2) is 8.57. The Bertz CT molecular complexity index is 814. The largest absolute Gasteiger partial charge is 0.489 e. The number of piperidine rings is 1. The van der Waals surface area contributed by atoms with Crippen molar-refractivity contribution in [1.82, 2.24) is 9.21 Å². The van der Waals surface area contributed by atoms with Crippen LogP contribution in [0.1, 0.15) is 37.0 Å². The van der Waals surface area contributed by atoms with Gasteiger partial charge >= 0.3 is 0 Å². The summed E-state index contributed by atoms with van der Waals surface area (Å²) in [4.78, 5) is 14.6. The van der Waals surface area contributed by atoms with Crippen molar-refractivity contribution in [2.75, 3.05) is 32.4 Å². The van der Waals surface area contributed by atoms with Crippen LogP contribution in [0, 0.1) is 0 Å². The number of ether oxygens (including phenoxy) is 2. The molecule has 7 nitrogen and oxygen atoms in total. The first kappa shape index (κ1) is 21.4. The highest BCUT2D eigenvalue weighted by molar-refractivity contribution is 7.88. The number of rotatable bonds is 4. The Morgan fingerprint density at radius 2 is 1.79 bits per heavy atom. The summed E-state index contributed by atoms with van der Waals surface area (Å²) in [5, 5.41) is 0.380. The van der Waals surface area contributed by atoms with E-state index in [0.29, 0.717) is 55.4 Å². The van der Waals surface area contributed by atoms with E-state index in [9.17, 15) is 13.2 Å². The van der Waals surface area contributed by atoms with Crippen LogP contribution in [0.4, 0.5) is 0 Å². The Labute approximate surface area is 171 Å². The van der Waals surface area contributed by atoms with Crippen molar-refractivity contribution in [3.63, 3.8) is 0 Å². The van der Waals surface area contributed by atoms with Gasteiger partial charge in [-0.3, -0.25) is 4.79 Å². The summed E-state index contributed by atoms with van der Waals surface area (Å²) in [5.41, 5.74) is 0.519. The van der Waals surface area contributed by atoms with E-state index in [2.05, 4.69) is 0 Å². The molecule has 1 aromatic rings. The Kier molecular flexibility index (Phi) is 6.54. The summed E-state index contributed by atoms with van der Waals surface area (Å²) in [6.45, 7) is 5.88. The number of benzene rings is 1. The van der Waals surface area contributed by atoms with Crippen molar-refractivity contribution in [1.29, 1.82) is 0 Å². The average molecular weight is 431 g/mol. The number of carbonyl (C=O) groups excluding carboxylic acids is 1. The van der Waals surface area contributed by atoms with Crippen LogP contribution < -0.4 is 4.74 Å². The molecule has 1 aromatic carbocycles. The SMILES string of the molecule is C[C@@H]1CN(C(=O)c2ccc(OC3CCN(S(C)(=O)=O)CC3)c(Cl)c2)C[C@H](C)O1. The van der Waals surface area contributed by atoms with Gasteiger partial charge in [0.05, 0.1) is 23.5 Å². The fourth-order valence-corrected chi connectivity index (χ4v) is 4.82. The molecule has 28 heavy (non-hydrogen) atoms. The zero-order chi connectivity index (χ0) is 20.5. The van der Waals surface area contributed by atoms with E-state index in [-0.39, 0.29) is 24.2 Å². The van der Waals surface area contributed by atoms with Gasteiger partial charge in [0.15, 0.2) is 0 Å². The molecule has 2 heterocycles. The predicted molar refractivity (Wildman–Crippen MR) is 107 cm³/mol. The van der Waals surface area contributed by atoms with Gasteiger partial charge in [0, 0.05) is 31.7 Å². The van der Waals surface area contributed by atoms with E-state index in [1.165, 1.54) is 10.6 Å². The third-order valence-corrected chi connectivity index (χ3v) is 6.65. The molecule has 0 aliphatic carbocycles. The minimum absolute atomic E-state index is 0.00332. The number of morpholine rings is 1. The molecular formula is C19H27ClN2O5S. The van der Waals surface area contributed by atoms with Crippen molar-refractivity contribution >= 4 is 27.5 Å². The van der Waals surface area contributed by atoms with Crippen molar-refractivity contribution < 1.29 is 22.7 Å². The third kappa shape index (κ3) is 5.17. The summed E-state index contributed by atoms with van der Waals surface area (Å²) < 4.78 is 36.3. The molecule has 2 aliphatic rings. The number of amides is 1. The number of halogens is 1. The smallest absolute Gasteiger partial charge is 0.254 e. The lowest BCUT2D eigenvalue weighted by Gasteiger charge is -2.35. The first-order valence-electron chi connectivity index (χ1n) is 9.49. The Morgan fingerprint density at radius 3 is 2.32 bits per heavy atom. The standard InChI is InChI=1S/C19H27ClN2O5S/c1-13-11-21(12-14(2)26-13)19(23)15-4-5-18(17(20)10-15)27-16-6-8-22(9-7-16)28(3,24)25/h4-5,10,13-14,16H,6-9,11-12H2,1-3H3/t13-,14+. The third-order valence-electron chi connectivity index (χ3n) is 5.05. The number of nitrogens with zero attached hydrogens (tertiary/aromatic N) is 2. The molecular weight excluding hydrogens is 404 g/mol. The van der Waals surface area contributed by atoms with Gasteiger partial charge in [0.25, 0.3) is 5.91 Å². The van der Waals surface area contributed by atoms with Crippen molar-refractivity contribution in [2.24, 2.45) is 0 Å². The van der Waals surface area contributed by atoms with Crippen LogP contribution in [0.2, 0.25) is 5.02 Å². The topological polar surface area (TPSA) is 76.2 Å². The highest BCUT2D eigenvalue weighted by Crippen LogP contribution is 2.29. The first-order chi connectivity index (χ1) is 13.1. The zero-order valence-corrected chi connectivity index (χ0v) is 18.0. The van der Waals surface area contributed by atoms with Gasteiger partial charge in [-0.1, -0.05) is 11.6 Å². The van der Waals surface area contributed by atoms with Gasteiger partial charge in [-0.05, 0) is 44.9 Å². The Hall–Kier alpha value is -1.35. The second-order valence-electron chi connectivity index (χ2n) is 7.59. The number of sulfonamides is 1. The molecule has 3 rings (SSSR count). The average Bonchev–Trinajstić information content (AvgIpc) is 2.61. The van der Waals surface area contributed by atoms with E-state index in [0.717, 1.165) is 0 Å². The maximum absolute atomic E-state index is 12.8. The van der Waals surface area contributed by atoms with Gasteiger partial charge < -0.3 is 14.4 Å². The molecule has 0 aromatic heterocycles. The van der Waals surface area contributed by atoms with Crippen LogP contribution in [-0.2, 0) is 14.8 Å². The molecule has 2 saturated heterocycles. The van der Waals surface area contributed by atoms with Crippen LogP contribution in [0.5, 0.6) is 5.75 Å². The van der Waals surface area contributed by atoms with Gasteiger partial charge in [0.2, 0.25) is 10.0 Å². The molecule has 9 heteroatoms. The quantitative estimate of drug-likeness (QED) is 0.733. The normalized spacial score (nSPS) is 24.9. The Balaban J connectivity index is 1.62. The fraction of sp³-hybridized carbons (Fsp3) is 0.632. The van der Waals surface area contributed by atoms with E-state index in [1.54, 1.807) is 23.1 Å². The van der Waals surface area contributed by atoms with Crippen LogP contribution >= 0.6 is 11.6 Å². The molecule has 0 radical (unpaired) electrons. The van der Waals surface area contributed by atoms with Crippen LogP contribution in [0.15, 0.2) is 18.2 Å². The van der Waals surface area contributed by atoms with Crippen LogP contribution in [0.25, 0.3) is 0 Å². The summed E-state index contributed by atoms with van der Waals surface area (Å²) >= 11 is 6.36. The molecule has 2 fully saturated rings. The molecule has 1 amide bonds. The van der Waals surface area contributed by atoms with Gasteiger partial charge in [-0.15, -0.1) is 0 Å².